The normalized spacial score (nSPS) is 10.8. The zero-order chi connectivity index (χ0) is 22.3. The number of aromatic nitrogens is 4. The molecule has 0 bridgehead atoms. The zero-order valence-corrected chi connectivity index (χ0v) is 19.4. The van der Waals surface area contributed by atoms with E-state index in [2.05, 4.69) is 46.5 Å². The van der Waals surface area contributed by atoms with E-state index >= 15 is 0 Å². The molecular weight excluding hydrogens is 442 g/mol. The van der Waals surface area contributed by atoms with Crippen LogP contribution in [0.1, 0.15) is 22.5 Å². The number of nitrogens with zero attached hydrogens (tertiary/aromatic N) is 4. The Hall–Kier alpha value is -3.17. The first kappa shape index (κ1) is 22.0. The standard InChI is InChI=1S/C23H23N5O2S2/c1-16-8-9-19(12-17(16)2)30-14-20-26-27-23(28(20)13-18-6-4-3-5-7-18)32-15-21(29)25-22-24-10-11-31-22/h3-12H,13-15H2,1-2H3,(H,24,25,29). The topological polar surface area (TPSA) is 81.9 Å². The van der Waals surface area contributed by atoms with Gasteiger partial charge in [-0.25, -0.2) is 4.98 Å². The Balaban J connectivity index is 1.48. The highest BCUT2D eigenvalue weighted by Crippen LogP contribution is 2.22. The van der Waals surface area contributed by atoms with Crippen molar-refractivity contribution in [2.75, 3.05) is 11.1 Å². The van der Waals surface area contributed by atoms with Gasteiger partial charge in [-0.2, -0.15) is 0 Å². The van der Waals surface area contributed by atoms with E-state index in [9.17, 15) is 4.79 Å². The first-order valence-corrected chi connectivity index (χ1v) is 11.9. The van der Waals surface area contributed by atoms with Crippen LogP contribution in [0.2, 0.25) is 0 Å². The second-order valence-corrected chi connectivity index (χ2v) is 9.02. The van der Waals surface area contributed by atoms with Crippen LogP contribution in [0.4, 0.5) is 5.13 Å². The van der Waals surface area contributed by atoms with Gasteiger partial charge in [-0.15, -0.1) is 21.5 Å². The van der Waals surface area contributed by atoms with Crippen molar-refractivity contribution in [3.05, 3.63) is 82.6 Å². The van der Waals surface area contributed by atoms with E-state index in [1.54, 1.807) is 6.20 Å². The molecule has 0 saturated carbocycles. The quantitative estimate of drug-likeness (QED) is 0.361. The number of thiazole rings is 1. The Morgan fingerprint density at radius 1 is 1.12 bits per heavy atom. The molecule has 0 radical (unpaired) electrons. The molecule has 1 N–H and O–H groups in total. The third kappa shape index (κ3) is 5.74. The van der Waals surface area contributed by atoms with Gasteiger partial charge in [0.2, 0.25) is 5.91 Å². The van der Waals surface area contributed by atoms with E-state index in [1.165, 1.54) is 34.2 Å². The van der Waals surface area contributed by atoms with Crippen LogP contribution < -0.4 is 10.1 Å². The molecule has 2 aromatic carbocycles. The van der Waals surface area contributed by atoms with E-state index in [0.717, 1.165) is 11.3 Å². The lowest BCUT2D eigenvalue weighted by Gasteiger charge is -2.12. The summed E-state index contributed by atoms with van der Waals surface area (Å²) in [5, 5.41) is 14.5. The number of rotatable bonds is 9. The lowest BCUT2D eigenvalue weighted by molar-refractivity contribution is -0.113. The summed E-state index contributed by atoms with van der Waals surface area (Å²) in [6.45, 7) is 5.01. The van der Waals surface area contributed by atoms with Gasteiger partial charge in [-0.1, -0.05) is 48.2 Å². The lowest BCUT2D eigenvalue weighted by Crippen LogP contribution is -2.15. The largest absolute Gasteiger partial charge is 0.486 e. The number of nitrogens with one attached hydrogen (secondary N) is 1. The van der Waals surface area contributed by atoms with Crippen molar-refractivity contribution in [3.63, 3.8) is 0 Å². The van der Waals surface area contributed by atoms with Crippen molar-refractivity contribution < 1.29 is 9.53 Å². The highest BCUT2D eigenvalue weighted by molar-refractivity contribution is 7.99. The summed E-state index contributed by atoms with van der Waals surface area (Å²) in [7, 11) is 0. The molecule has 0 aliphatic carbocycles. The fraction of sp³-hybridized carbons (Fsp3) is 0.217. The lowest BCUT2D eigenvalue weighted by atomic mass is 10.1. The fourth-order valence-corrected chi connectivity index (χ4v) is 4.28. The molecule has 9 heteroatoms. The van der Waals surface area contributed by atoms with Crippen molar-refractivity contribution in [1.82, 2.24) is 19.7 Å². The summed E-state index contributed by atoms with van der Waals surface area (Å²) in [6.07, 6.45) is 1.66. The van der Waals surface area contributed by atoms with Crippen molar-refractivity contribution in [1.29, 1.82) is 0 Å². The summed E-state index contributed by atoms with van der Waals surface area (Å²) in [4.78, 5) is 16.4. The van der Waals surface area contributed by atoms with Crippen molar-refractivity contribution in [2.24, 2.45) is 0 Å². The van der Waals surface area contributed by atoms with Gasteiger partial charge in [0.15, 0.2) is 16.1 Å². The summed E-state index contributed by atoms with van der Waals surface area (Å²) < 4.78 is 7.99. The highest BCUT2D eigenvalue weighted by atomic mass is 32.2. The molecule has 0 aliphatic rings. The average Bonchev–Trinajstić information content (AvgIpc) is 3.44. The molecule has 2 aromatic heterocycles. The third-order valence-electron chi connectivity index (χ3n) is 4.83. The van der Waals surface area contributed by atoms with Gasteiger partial charge < -0.3 is 10.1 Å². The number of aryl methyl sites for hydroxylation is 2. The Morgan fingerprint density at radius 3 is 2.72 bits per heavy atom. The Bertz CT molecular complexity index is 1180. The zero-order valence-electron chi connectivity index (χ0n) is 17.8. The highest BCUT2D eigenvalue weighted by Gasteiger charge is 2.16. The minimum absolute atomic E-state index is 0.132. The smallest absolute Gasteiger partial charge is 0.236 e. The predicted molar refractivity (Wildman–Crippen MR) is 127 cm³/mol. The summed E-state index contributed by atoms with van der Waals surface area (Å²) in [5.74, 6) is 1.58. The van der Waals surface area contributed by atoms with Crippen molar-refractivity contribution in [2.45, 2.75) is 32.2 Å². The van der Waals surface area contributed by atoms with Crippen LogP contribution in [0.25, 0.3) is 0 Å². The SMILES string of the molecule is Cc1ccc(OCc2nnc(SCC(=O)Nc3nccs3)n2Cc2ccccc2)cc1C. The maximum Gasteiger partial charge on any atom is 0.236 e. The molecule has 0 saturated heterocycles. The van der Waals surface area contributed by atoms with E-state index in [-0.39, 0.29) is 18.3 Å². The minimum atomic E-state index is -0.132. The van der Waals surface area contributed by atoms with Crippen LogP contribution in [0.3, 0.4) is 0 Å². The number of ether oxygens (including phenoxy) is 1. The average molecular weight is 466 g/mol. The molecule has 0 aliphatic heterocycles. The summed E-state index contributed by atoms with van der Waals surface area (Å²) >= 11 is 2.73. The van der Waals surface area contributed by atoms with Crippen molar-refractivity contribution >= 4 is 34.1 Å². The van der Waals surface area contributed by atoms with E-state index < -0.39 is 0 Å². The van der Waals surface area contributed by atoms with Gasteiger partial charge in [0.25, 0.3) is 0 Å². The van der Waals surface area contributed by atoms with Crippen LogP contribution in [-0.4, -0.2) is 31.4 Å². The molecule has 0 unspecified atom stereocenters. The molecule has 1 amide bonds. The molecule has 164 valence electrons. The number of amides is 1. The van der Waals surface area contributed by atoms with Crippen LogP contribution in [0.5, 0.6) is 5.75 Å². The number of thioether (sulfide) groups is 1. The molecular formula is C23H23N5O2S2. The Kier molecular flexibility index (Phi) is 7.18. The van der Waals surface area contributed by atoms with Crippen molar-refractivity contribution in [3.8, 4) is 5.75 Å². The summed E-state index contributed by atoms with van der Waals surface area (Å²) in [5.41, 5.74) is 3.52. The third-order valence-corrected chi connectivity index (χ3v) is 6.49. The van der Waals surface area contributed by atoms with E-state index in [4.69, 9.17) is 4.74 Å². The van der Waals surface area contributed by atoms with Gasteiger partial charge in [0.1, 0.15) is 12.4 Å². The van der Waals surface area contributed by atoms with Gasteiger partial charge in [-0.3, -0.25) is 9.36 Å². The van der Waals surface area contributed by atoms with E-state index in [1.807, 2.05) is 46.3 Å². The molecule has 7 nitrogen and oxygen atoms in total. The van der Waals surface area contributed by atoms with E-state index in [0.29, 0.717) is 22.7 Å². The molecule has 0 atom stereocenters. The second kappa shape index (κ2) is 10.4. The van der Waals surface area contributed by atoms with Crippen LogP contribution in [0.15, 0.2) is 65.3 Å². The number of anilines is 1. The molecule has 4 rings (SSSR count). The monoisotopic (exact) mass is 465 g/mol. The maximum absolute atomic E-state index is 12.3. The van der Waals surface area contributed by atoms with Crippen LogP contribution in [0, 0.1) is 13.8 Å². The number of carbonyl (C=O) groups is 1. The Morgan fingerprint density at radius 2 is 1.97 bits per heavy atom. The number of carbonyl (C=O) groups excluding carboxylic acids is 1. The molecule has 32 heavy (non-hydrogen) atoms. The van der Waals surface area contributed by atoms with Gasteiger partial charge in [0, 0.05) is 11.6 Å². The number of hydrogen-bond acceptors (Lipinski definition) is 7. The van der Waals surface area contributed by atoms with Crippen LogP contribution >= 0.6 is 23.1 Å². The molecule has 4 aromatic rings. The molecule has 2 heterocycles. The number of benzene rings is 2. The molecule has 0 fully saturated rings. The maximum atomic E-state index is 12.3. The first-order valence-electron chi connectivity index (χ1n) is 10.1. The van der Waals surface area contributed by atoms with Gasteiger partial charge in [0.05, 0.1) is 12.3 Å². The minimum Gasteiger partial charge on any atom is -0.486 e. The predicted octanol–water partition coefficient (Wildman–Crippen LogP) is 4.71. The van der Waals surface area contributed by atoms with Gasteiger partial charge in [-0.05, 0) is 42.7 Å². The first-order chi connectivity index (χ1) is 15.6. The fourth-order valence-electron chi connectivity index (χ4n) is 2.98. The Labute approximate surface area is 194 Å². The van der Waals surface area contributed by atoms with Crippen LogP contribution in [-0.2, 0) is 17.9 Å². The summed E-state index contributed by atoms with van der Waals surface area (Å²) in [6, 6.07) is 16.1. The molecule has 0 spiro atoms. The van der Waals surface area contributed by atoms with Gasteiger partial charge >= 0.3 is 0 Å². The second-order valence-electron chi connectivity index (χ2n) is 7.18. The number of hydrogen-bond donors (Lipinski definition) is 1.